The van der Waals surface area contributed by atoms with E-state index in [2.05, 4.69) is 25.7 Å². The van der Waals surface area contributed by atoms with Crippen molar-refractivity contribution < 1.29 is 5.11 Å². The van der Waals surface area contributed by atoms with Crippen LogP contribution in [0.5, 0.6) is 5.75 Å². The molecule has 5 rings (SSSR count). The molecule has 0 spiro atoms. The highest BCUT2D eigenvalue weighted by molar-refractivity contribution is 7.27. The molecule has 2 aromatic carbocycles. The molecule has 0 radical (unpaired) electrons. The summed E-state index contributed by atoms with van der Waals surface area (Å²) in [5.74, 6) is 0.162. The average Bonchev–Trinajstić information content (AvgIpc) is 3.39. The highest BCUT2D eigenvalue weighted by atomic mass is 32.1. The number of fused-ring (bicyclic) bond motifs is 1. The predicted molar refractivity (Wildman–Crippen MR) is 118 cm³/mol. The molecule has 3 heterocycles. The van der Waals surface area contributed by atoms with Gasteiger partial charge in [-0.25, -0.2) is 0 Å². The molecule has 5 aromatic rings. The van der Waals surface area contributed by atoms with Crippen LogP contribution in [0, 0.1) is 0 Å². The number of hydrogen-bond acceptors (Lipinski definition) is 8. The molecule has 29 heavy (non-hydrogen) atoms. The zero-order valence-corrected chi connectivity index (χ0v) is 17.0. The molecule has 2 N–H and O–H groups in total. The van der Waals surface area contributed by atoms with Gasteiger partial charge in [0.05, 0.1) is 5.39 Å². The lowest BCUT2D eigenvalue weighted by Gasteiger charge is -2.10. The first-order valence-corrected chi connectivity index (χ1v) is 10.5. The molecule has 0 aliphatic carbocycles. The Labute approximate surface area is 174 Å². The lowest BCUT2D eigenvalue weighted by atomic mass is 9.97. The largest absolute Gasteiger partial charge is 0.506 e. The molecule has 0 unspecified atom stereocenters. The van der Waals surface area contributed by atoms with E-state index in [-0.39, 0.29) is 5.75 Å². The van der Waals surface area contributed by atoms with E-state index in [1.807, 2.05) is 60.7 Å². The van der Waals surface area contributed by atoms with E-state index in [4.69, 9.17) is 0 Å². The summed E-state index contributed by atoms with van der Waals surface area (Å²) in [4.78, 5) is 1.31. The third-order valence-electron chi connectivity index (χ3n) is 4.53. The highest BCUT2D eigenvalue weighted by Crippen LogP contribution is 2.49. The summed E-state index contributed by atoms with van der Waals surface area (Å²) in [6.07, 6.45) is 0. The van der Waals surface area contributed by atoms with E-state index in [1.54, 1.807) is 7.05 Å². The first-order chi connectivity index (χ1) is 14.3. The van der Waals surface area contributed by atoms with Gasteiger partial charge in [0.2, 0.25) is 5.13 Å². The Kier molecular flexibility index (Phi) is 4.42. The third-order valence-corrected chi connectivity index (χ3v) is 6.69. The fourth-order valence-electron chi connectivity index (χ4n) is 3.22. The monoisotopic (exact) mass is 417 g/mol. The predicted octanol–water partition coefficient (Wildman–Crippen LogP) is 5.29. The molecule has 0 atom stereocenters. The van der Waals surface area contributed by atoms with Gasteiger partial charge in [-0.2, -0.15) is 0 Å². The first kappa shape index (κ1) is 17.7. The van der Waals surface area contributed by atoms with Gasteiger partial charge >= 0.3 is 0 Å². The molecule has 142 valence electrons. The van der Waals surface area contributed by atoms with Crippen molar-refractivity contribution in [1.82, 2.24) is 20.4 Å². The van der Waals surface area contributed by atoms with Crippen LogP contribution in [0.4, 0.5) is 5.13 Å². The quantitative estimate of drug-likeness (QED) is 0.413. The number of benzene rings is 2. The number of hydrogen-bond donors (Lipinski definition) is 2. The SMILES string of the molecule is CNc1nnc(-c2sc3nnc(-c4ccccc4)c(-c4ccccc4)c3c2O)s1. The van der Waals surface area contributed by atoms with Crippen LogP contribution >= 0.6 is 22.7 Å². The zero-order valence-electron chi connectivity index (χ0n) is 15.3. The van der Waals surface area contributed by atoms with Gasteiger partial charge in [0.25, 0.3) is 0 Å². The summed E-state index contributed by atoms with van der Waals surface area (Å²) >= 11 is 2.76. The Morgan fingerprint density at radius 1 is 0.793 bits per heavy atom. The number of thiophene rings is 1. The summed E-state index contributed by atoms with van der Waals surface area (Å²) in [7, 11) is 1.79. The molecule has 0 fully saturated rings. The van der Waals surface area contributed by atoms with E-state index in [0.717, 1.165) is 22.4 Å². The van der Waals surface area contributed by atoms with Crippen molar-refractivity contribution >= 4 is 38.0 Å². The van der Waals surface area contributed by atoms with E-state index >= 15 is 0 Å². The van der Waals surface area contributed by atoms with E-state index in [1.165, 1.54) is 22.7 Å². The number of anilines is 1. The van der Waals surface area contributed by atoms with Gasteiger partial charge in [-0.1, -0.05) is 72.0 Å². The molecule has 0 aliphatic heterocycles. The van der Waals surface area contributed by atoms with Crippen molar-refractivity contribution in [2.45, 2.75) is 0 Å². The Balaban J connectivity index is 1.83. The molecular weight excluding hydrogens is 402 g/mol. The number of nitrogens with one attached hydrogen (secondary N) is 1. The number of rotatable bonds is 4. The summed E-state index contributed by atoms with van der Waals surface area (Å²) in [6.45, 7) is 0. The average molecular weight is 418 g/mol. The molecule has 0 saturated carbocycles. The molecule has 6 nitrogen and oxygen atoms in total. The molecule has 8 heteroatoms. The van der Waals surface area contributed by atoms with Crippen molar-refractivity contribution in [2.24, 2.45) is 0 Å². The van der Waals surface area contributed by atoms with Gasteiger partial charge < -0.3 is 10.4 Å². The van der Waals surface area contributed by atoms with Crippen LogP contribution in [0.2, 0.25) is 0 Å². The van der Waals surface area contributed by atoms with Gasteiger partial charge in [0, 0.05) is 18.2 Å². The third kappa shape index (κ3) is 3.02. The van der Waals surface area contributed by atoms with Crippen LogP contribution in [0.15, 0.2) is 60.7 Å². The Morgan fingerprint density at radius 3 is 2.14 bits per heavy atom. The maximum absolute atomic E-state index is 11.2. The van der Waals surface area contributed by atoms with E-state index in [9.17, 15) is 5.11 Å². The minimum atomic E-state index is 0.162. The van der Waals surface area contributed by atoms with Crippen molar-refractivity contribution in [3.05, 3.63) is 60.7 Å². The van der Waals surface area contributed by atoms with Crippen LogP contribution in [-0.2, 0) is 0 Å². The second kappa shape index (κ2) is 7.23. The van der Waals surface area contributed by atoms with Gasteiger partial charge in [-0.05, 0) is 5.56 Å². The zero-order chi connectivity index (χ0) is 19.8. The lowest BCUT2D eigenvalue weighted by molar-refractivity contribution is 0.485. The number of aromatic hydroxyl groups is 1. The Morgan fingerprint density at radius 2 is 1.48 bits per heavy atom. The second-order valence-electron chi connectivity index (χ2n) is 6.28. The first-order valence-electron chi connectivity index (χ1n) is 8.91. The van der Waals surface area contributed by atoms with Crippen LogP contribution in [0.25, 0.3) is 42.5 Å². The van der Waals surface area contributed by atoms with Crippen molar-refractivity contribution in [1.29, 1.82) is 0 Å². The van der Waals surface area contributed by atoms with E-state index in [0.29, 0.717) is 25.2 Å². The summed E-state index contributed by atoms with van der Waals surface area (Å²) in [6, 6.07) is 19.9. The summed E-state index contributed by atoms with van der Waals surface area (Å²) < 4.78 is 0. The van der Waals surface area contributed by atoms with Crippen LogP contribution in [-0.4, -0.2) is 32.5 Å². The fraction of sp³-hybridized carbons (Fsp3) is 0.0476. The molecule has 0 saturated heterocycles. The maximum Gasteiger partial charge on any atom is 0.205 e. The standard InChI is InChI=1S/C21H15N5OS2/c1-22-21-26-25-20(29-21)18-17(27)15-14(12-8-4-2-5-9-12)16(23-24-19(15)28-18)13-10-6-3-7-11-13/h2-11,27H,1H3,(H,22,26). The summed E-state index contributed by atoms with van der Waals surface area (Å²) in [5.41, 5.74) is 3.51. The molecular formula is C21H15N5OS2. The normalized spacial score (nSPS) is 11.1. The highest BCUT2D eigenvalue weighted by Gasteiger charge is 2.24. The molecule has 3 aromatic heterocycles. The molecule has 0 aliphatic rings. The number of aromatic nitrogens is 4. The van der Waals surface area contributed by atoms with E-state index < -0.39 is 0 Å². The summed E-state index contributed by atoms with van der Waals surface area (Å²) in [5, 5.41) is 33.4. The van der Waals surface area contributed by atoms with Gasteiger partial charge in [0.15, 0.2) is 9.84 Å². The van der Waals surface area contributed by atoms with Crippen molar-refractivity contribution in [2.75, 3.05) is 12.4 Å². The second-order valence-corrected chi connectivity index (χ2v) is 8.25. The van der Waals surface area contributed by atoms with Gasteiger partial charge in [-0.15, -0.1) is 31.7 Å². The van der Waals surface area contributed by atoms with Gasteiger partial charge in [-0.3, -0.25) is 0 Å². The Bertz CT molecular complexity index is 1300. The van der Waals surface area contributed by atoms with Crippen molar-refractivity contribution in [3.8, 4) is 38.0 Å². The van der Waals surface area contributed by atoms with Crippen molar-refractivity contribution in [3.63, 3.8) is 0 Å². The maximum atomic E-state index is 11.2. The molecule has 0 amide bonds. The lowest BCUT2D eigenvalue weighted by Crippen LogP contribution is -1.93. The minimum Gasteiger partial charge on any atom is -0.506 e. The number of nitrogens with zero attached hydrogens (tertiary/aromatic N) is 4. The Hall–Kier alpha value is -3.36. The van der Waals surface area contributed by atoms with Gasteiger partial charge in [0.1, 0.15) is 16.3 Å². The smallest absolute Gasteiger partial charge is 0.205 e. The minimum absolute atomic E-state index is 0.162. The van der Waals surface area contributed by atoms with Crippen LogP contribution in [0.3, 0.4) is 0 Å². The van der Waals surface area contributed by atoms with Crippen LogP contribution in [0.1, 0.15) is 0 Å². The fourth-order valence-corrected chi connectivity index (χ4v) is 5.01. The molecule has 0 bridgehead atoms. The topological polar surface area (TPSA) is 83.8 Å². The van der Waals surface area contributed by atoms with Crippen LogP contribution < -0.4 is 5.32 Å².